The predicted molar refractivity (Wildman–Crippen MR) is 85.8 cm³/mol. The van der Waals surface area contributed by atoms with Gasteiger partial charge in [0.05, 0.1) is 6.33 Å². The maximum atomic E-state index is 12.9. The number of likely N-dealkylation sites (tertiary alicyclic amines) is 1. The van der Waals surface area contributed by atoms with E-state index in [2.05, 4.69) is 11.9 Å². The lowest BCUT2D eigenvalue weighted by molar-refractivity contribution is 0.0532. The van der Waals surface area contributed by atoms with Gasteiger partial charge in [-0.15, -0.1) is 0 Å². The summed E-state index contributed by atoms with van der Waals surface area (Å²) in [5, 5.41) is 0. The molecule has 1 saturated heterocycles. The fraction of sp³-hybridized carbons (Fsp3) is 0.412. The third kappa shape index (κ3) is 2.76. The van der Waals surface area contributed by atoms with Gasteiger partial charge in [-0.2, -0.15) is 0 Å². The van der Waals surface area contributed by atoms with Crippen LogP contribution in [-0.2, 0) is 0 Å². The highest BCUT2D eigenvalue weighted by atomic mass is 16.2. The quantitative estimate of drug-likeness (QED) is 0.943. The summed E-state index contributed by atoms with van der Waals surface area (Å²) >= 11 is 0. The van der Waals surface area contributed by atoms with Crippen LogP contribution in [0.2, 0.25) is 0 Å². The average Bonchev–Trinajstić information content (AvgIpc) is 3.08. The highest BCUT2D eigenvalue weighted by Crippen LogP contribution is 2.24. The first-order valence-corrected chi connectivity index (χ1v) is 7.80. The Hall–Kier alpha value is -2.14. The molecule has 0 unspecified atom stereocenters. The summed E-state index contributed by atoms with van der Waals surface area (Å²) in [6.45, 7) is 3.49. The van der Waals surface area contributed by atoms with Gasteiger partial charge < -0.3 is 15.2 Å². The number of nitrogens with zero attached hydrogens (tertiary/aromatic N) is 3. The van der Waals surface area contributed by atoms with Crippen molar-refractivity contribution in [2.45, 2.75) is 25.8 Å². The summed E-state index contributed by atoms with van der Waals surface area (Å²) < 4.78 is 1.90. The number of amides is 1. The van der Waals surface area contributed by atoms with E-state index in [0.29, 0.717) is 18.0 Å². The van der Waals surface area contributed by atoms with E-state index in [1.165, 1.54) is 0 Å². The lowest BCUT2D eigenvalue weighted by Crippen LogP contribution is -2.51. The Morgan fingerprint density at radius 3 is 3.05 bits per heavy atom. The number of aromatic nitrogens is 2. The van der Waals surface area contributed by atoms with E-state index in [1.54, 1.807) is 12.5 Å². The molecule has 1 aliphatic heterocycles. The van der Waals surface area contributed by atoms with Gasteiger partial charge in [-0.25, -0.2) is 4.98 Å². The maximum absolute atomic E-state index is 12.9. The number of hydrogen-bond acceptors (Lipinski definition) is 3. The molecule has 1 fully saturated rings. The Morgan fingerprint density at radius 1 is 1.45 bits per heavy atom. The summed E-state index contributed by atoms with van der Waals surface area (Å²) in [6, 6.07) is 7.80. The van der Waals surface area contributed by atoms with Crippen molar-refractivity contribution in [2.75, 3.05) is 13.1 Å². The van der Waals surface area contributed by atoms with Crippen molar-refractivity contribution in [1.29, 1.82) is 0 Å². The molecule has 0 bridgehead atoms. The Labute approximate surface area is 130 Å². The normalized spacial score (nSPS) is 21.8. The lowest BCUT2D eigenvalue weighted by Gasteiger charge is -2.39. The number of nitrogens with two attached hydrogens (primary N) is 1. The Balaban J connectivity index is 1.87. The topological polar surface area (TPSA) is 64.2 Å². The van der Waals surface area contributed by atoms with E-state index in [4.69, 9.17) is 5.73 Å². The number of carbonyl (C=O) groups is 1. The minimum atomic E-state index is 0.0731. The van der Waals surface area contributed by atoms with Crippen molar-refractivity contribution in [1.82, 2.24) is 14.5 Å². The molecule has 0 saturated carbocycles. The molecule has 3 rings (SSSR count). The summed E-state index contributed by atoms with van der Waals surface area (Å²) in [4.78, 5) is 18.9. The first kappa shape index (κ1) is 14.8. The minimum Gasteiger partial charge on any atom is -0.334 e. The maximum Gasteiger partial charge on any atom is 0.254 e. The SMILES string of the molecule is C[C@H]1CCCN(C(=O)c2cccc(-n3ccnc3)c2)[C@@H]1CN. The molecule has 1 aliphatic rings. The van der Waals surface area contributed by atoms with Crippen molar-refractivity contribution in [3.63, 3.8) is 0 Å². The van der Waals surface area contributed by atoms with Gasteiger partial charge in [0.25, 0.3) is 5.91 Å². The molecule has 1 amide bonds. The molecule has 116 valence electrons. The van der Waals surface area contributed by atoms with E-state index in [0.717, 1.165) is 25.1 Å². The zero-order valence-corrected chi connectivity index (χ0v) is 12.9. The standard InChI is InChI=1S/C17H22N4O/c1-13-4-3-8-21(16(13)11-18)17(22)14-5-2-6-15(10-14)20-9-7-19-12-20/h2,5-7,9-10,12-13,16H,3-4,8,11,18H2,1H3/t13-,16+/m0/s1. The molecule has 5 heteroatoms. The predicted octanol–water partition coefficient (Wildman–Crippen LogP) is 2.07. The lowest BCUT2D eigenvalue weighted by atomic mass is 9.90. The van der Waals surface area contributed by atoms with Gasteiger partial charge in [0, 0.05) is 42.8 Å². The van der Waals surface area contributed by atoms with Gasteiger partial charge in [0.2, 0.25) is 0 Å². The van der Waals surface area contributed by atoms with Gasteiger partial charge in [-0.3, -0.25) is 4.79 Å². The fourth-order valence-corrected chi connectivity index (χ4v) is 3.24. The van der Waals surface area contributed by atoms with Crippen molar-refractivity contribution in [2.24, 2.45) is 11.7 Å². The third-order valence-corrected chi connectivity index (χ3v) is 4.51. The van der Waals surface area contributed by atoms with Crippen molar-refractivity contribution < 1.29 is 4.79 Å². The minimum absolute atomic E-state index is 0.0731. The molecule has 0 spiro atoms. The van der Waals surface area contributed by atoms with E-state index in [9.17, 15) is 4.79 Å². The van der Waals surface area contributed by atoms with Crippen LogP contribution in [0.15, 0.2) is 43.0 Å². The van der Waals surface area contributed by atoms with Crippen LogP contribution in [0.25, 0.3) is 5.69 Å². The Bertz CT molecular complexity index is 638. The fourth-order valence-electron chi connectivity index (χ4n) is 3.24. The van der Waals surface area contributed by atoms with Crippen LogP contribution >= 0.6 is 0 Å². The number of carbonyl (C=O) groups excluding carboxylic acids is 1. The molecule has 5 nitrogen and oxygen atoms in total. The molecule has 22 heavy (non-hydrogen) atoms. The Morgan fingerprint density at radius 2 is 2.32 bits per heavy atom. The molecule has 0 aliphatic carbocycles. The van der Waals surface area contributed by atoms with Crippen molar-refractivity contribution in [3.05, 3.63) is 48.5 Å². The number of rotatable bonds is 3. The number of hydrogen-bond donors (Lipinski definition) is 1. The first-order chi connectivity index (χ1) is 10.7. The second-order valence-corrected chi connectivity index (χ2v) is 5.94. The second kappa shape index (κ2) is 6.32. The molecule has 2 atom stereocenters. The van der Waals surface area contributed by atoms with E-state index in [-0.39, 0.29) is 11.9 Å². The smallest absolute Gasteiger partial charge is 0.254 e. The molecule has 2 heterocycles. The van der Waals surface area contributed by atoms with Crippen molar-refractivity contribution >= 4 is 5.91 Å². The van der Waals surface area contributed by atoms with Gasteiger partial charge >= 0.3 is 0 Å². The molecule has 0 radical (unpaired) electrons. The van der Waals surface area contributed by atoms with Crippen LogP contribution < -0.4 is 5.73 Å². The zero-order valence-electron chi connectivity index (χ0n) is 12.9. The average molecular weight is 298 g/mol. The van der Waals surface area contributed by atoms with Crippen molar-refractivity contribution in [3.8, 4) is 5.69 Å². The van der Waals surface area contributed by atoms with E-state index < -0.39 is 0 Å². The largest absolute Gasteiger partial charge is 0.334 e. The van der Waals surface area contributed by atoms with Crippen LogP contribution in [0.3, 0.4) is 0 Å². The number of benzene rings is 1. The van der Waals surface area contributed by atoms with Gasteiger partial charge in [-0.05, 0) is 37.0 Å². The highest BCUT2D eigenvalue weighted by Gasteiger charge is 2.31. The van der Waals surface area contributed by atoms with Gasteiger partial charge in [0.15, 0.2) is 0 Å². The second-order valence-electron chi connectivity index (χ2n) is 5.94. The van der Waals surface area contributed by atoms with Gasteiger partial charge in [-0.1, -0.05) is 13.0 Å². The first-order valence-electron chi connectivity index (χ1n) is 7.80. The van der Waals surface area contributed by atoms with Crippen LogP contribution in [-0.4, -0.2) is 39.5 Å². The van der Waals surface area contributed by atoms with E-state index in [1.807, 2.05) is 39.9 Å². The van der Waals surface area contributed by atoms with Gasteiger partial charge in [0.1, 0.15) is 0 Å². The van der Waals surface area contributed by atoms with Crippen LogP contribution in [0.5, 0.6) is 0 Å². The summed E-state index contributed by atoms with van der Waals surface area (Å²) in [5.41, 5.74) is 7.55. The Kier molecular flexibility index (Phi) is 4.24. The molecule has 2 N–H and O–H groups in total. The van der Waals surface area contributed by atoms with Crippen LogP contribution in [0.4, 0.5) is 0 Å². The van der Waals surface area contributed by atoms with Crippen LogP contribution in [0, 0.1) is 5.92 Å². The number of piperidine rings is 1. The van der Waals surface area contributed by atoms with E-state index >= 15 is 0 Å². The monoisotopic (exact) mass is 298 g/mol. The third-order valence-electron chi connectivity index (χ3n) is 4.51. The summed E-state index contributed by atoms with van der Waals surface area (Å²) in [7, 11) is 0. The highest BCUT2D eigenvalue weighted by molar-refractivity contribution is 5.95. The summed E-state index contributed by atoms with van der Waals surface area (Å²) in [5.74, 6) is 0.531. The molecule has 2 aromatic rings. The molecule has 1 aromatic carbocycles. The zero-order chi connectivity index (χ0) is 15.5. The van der Waals surface area contributed by atoms with Crippen LogP contribution in [0.1, 0.15) is 30.1 Å². The molecule has 1 aromatic heterocycles. The number of imidazole rings is 1. The summed E-state index contributed by atoms with van der Waals surface area (Å²) in [6.07, 6.45) is 7.51. The molecular weight excluding hydrogens is 276 g/mol. The molecular formula is C17H22N4O.